The quantitative estimate of drug-likeness (QED) is 0.564. The Hall–Kier alpha value is -0.380. The van der Waals surface area contributed by atoms with E-state index in [2.05, 4.69) is 12.6 Å². The summed E-state index contributed by atoms with van der Waals surface area (Å²) in [4.78, 5) is 11.9. The predicted molar refractivity (Wildman–Crippen MR) is 41.6 cm³/mol. The van der Waals surface area contributed by atoms with Gasteiger partial charge in [-0.25, -0.2) is 4.79 Å². The first-order valence-electron chi connectivity index (χ1n) is 3.36. The molecule has 4 heteroatoms. The molecule has 0 aliphatic carbocycles. The second kappa shape index (κ2) is 3.14. The van der Waals surface area contributed by atoms with Gasteiger partial charge in [-0.2, -0.15) is 12.6 Å². The number of amides is 1. The van der Waals surface area contributed by atoms with Gasteiger partial charge in [0.15, 0.2) is 0 Å². The van der Waals surface area contributed by atoms with E-state index in [0.717, 1.165) is 12.8 Å². The van der Waals surface area contributed by atoms with Gasteiger partial charge in [0.25, 0.3) is 0 Å². The Labute approximate surface area is 65.4 Å². The van der Waals surface area contributed by atoms with Gasteiger partial charge in [-0.15, -0.1) is 0 Å². The molecule has 0 aromatic rings. The van der Waals surface area contributed by atoms with Crippen molar-refractivity contribution in [2.75, 3.05) is 12.3 Å². The van der Waals surface area contributed by atoms with Gasteiger partial charge >= 0.3 is 6.09 Å². The summed E-state index contributed by atoms with van der Waals surface area (Å²) in [5.41, 5.74) is 0. The molecule has 1 fully saturated rings. The zero-order valence-corrected chi connectivity index (χ0v) is 6.55. The van der Waals surface area contributed by atoms with Gasteiger partial charge in [0.1, 0.15) is 0 Å². The van der Waals surface area contributed by atoms with E-state index >= 15 is 0 Å². The molecule has 0 bridgehead atoms. The van der Waals surface area contributed by atoms with E-state index < -0.39 is 6.09 Å². The van der Waals surface area contributed by atoms with E-state index in [4.69, 9.17) is 5.11 Å². The Balaban J connectivity index is 2.50. The molecule has 1 saturated heterocycles. The molecule has 0 radical (unpaired) electrons. The lowest BCUT2D eigenvalue weighted by Gasteiger charge is -2.18. The lowest BCUT2D eigenvalue weighted by atomic mass is 10.2. The van der Waals surface area contributed by atoms with E-state index in [0.29, 0.717) is 12.3 Å². The van der Waals surface area contributed by atoms with Gasteiger partial charge in [0, 0.05) is 18.3 Å². The number of likely N-dealkylation sites (tertiary alicyclic amines) is 1. The predicted octanol–water partition coefficient (Wildman–Crippen LogP) is 1.06. The summed E-state index contributed by atoms with van der Waals surface area (Å²) < 4.78 is 0. The summed E-state index contributed by atoms with van der Waals surface area (Å²) in [6, 6.07) is 0.154. The van der Waals surface area contributed by atoms with Crippen LogP contribution >= 0.6 is 12.6 Å². The van der Waals surface area contributed by atoms with Crippen LogP contribution in [-0.2, 0) is 0 Å². The Bertz CT molecular complexity index is 140. The van der Waals surface area contributed by atoms with Crippen molar-refractivity contribution in [2.45, 2.75) is 18.9 Å². The molecule has 1 unspecified atom stereocenters. The Kier molecular flexibility index (Phi) is 2.43. The SMILES string of the molecule is O=C(O)N1CCCC1CS. The third kappa shape index (κ3) is 1.37. The summed E-state index contributed by atoms with van der Waals surface area (Å²) in [7, 11) is 0. The smallest absolute Gasteiger partial charge is 0.407 e. The fraction of sp³-hybridized carbons (Fsp3) is 0.833. The van der Waals surface area contributed by atoms with Crippen molar-refractivity contribution < 1.29 is 9.90 Å². The molecule has 58 valence electrons. The lowest BCUT2D eigenvalue weighted by molar-refractivity contribution is 0.144. The highest BCUT2D eigenvalue weighted by Crippen LogP contribution is 2.17. The number of thiol groups is 1. The van der Waals surface area contributed by atoms with Gasteiger partial charge in [-0.3, -0.25) is 0 Å². The van der Waals surface area contributed by atoms with Gasteiger partial charge < -0.3 is 10.0 Å². The largest absolute Gasteiger partial charge is 0.465 e. The normalized spacial score (nSPS) is 25.3. The standard InChI is InChI=1S/C6H11NO2S/c8-6(9)7-3-1-2-5(7)4-10/h5,10H,1-4H2,(H,8,9). The van der Waals surface area contributed by atoms with Crippen molar-refractivity contribution in [3.63, 3.8) is 0 Å². The van der Waals surface area contributed by atoms with Crippen LogP contribution < -0.4 is 0 Å². The molecular weight excluding hydrogens is 150 g/mol. The molecule has 1 N–H and O–H groups in total. The van der Waals surface area contributed by atoms with E-state index in [1.54, 1.807) is 0 Å². The molecule has 1 amide bonds. The van der Waals surface area contributed by atoms with Gasteiger partial charge in [-0.1, -0.05) is 0 Å². The fourth-order valence-electron chi connectivity index (χ4n) is 1.28. The molecule has 1 aliphatic heterocycles. The zero-order valence-electron chi connectivity index (χ0n) is 5.66. The minimum absolute atomic E-state index is 0.154. The van der Waals surface area contributed by atoms with Crippen molar-refractivity contribution in [3.05, 3.63) is 0 Å². The van der Waals surface area contributed by atoms with Crippen molar-refractivity contribution >= 4 is 18.7 Å². The lowest BCUT2D eigenvalue weighted by Crippen LogP contribution is -2.35. The third-order valence-corrected chi connectivity index (χ3v) is 2.26. The van der Waals surface area contributed by atoms with Crippen molar-refractivity contribution in [1.82, 2.24) is 4.90 Å². The van der Waals surface area contributed by atoms with Crippen LogP contribution in [0.2, 0.25) is 0 Å². The van der Waals surface area contributed by atoms with Crippen LogP contribution in [0, 0.1) is 0 Å². The maximum absolute atomic E-state index is 10.5. The average Bonchev–Trinajstić information content (AvgIpc) is 2.33. The number of nitrogens with zero attached hydrogens (tertiary/aromatic N) is 1. The van der Waals surface area contributed by atoms with Gasteiger partial charge in [0.2, 0.25) is 0 Å². The summed E-state index contributed by atoms with van der Waals surface area (Å²) in [5.74, 6) is 0.645. The number of carbonyl (C=O) groups is 1. The van der Waals surface area contributed by atoms with E-state index in [-0.39, 0.29) is 6.04 Å². The van der Waals surface area contributed by atoms with Crippen LogP contribution in [-0.4, -0.2) is 34.4 Å². The minimum Gasteiger partial charge on any atom is -0.465 e. The molecule has 10 heavy (non-hydrogen) atoms. The minimum atomic E-state index is -0.809. The number of hydrogen-bond acceptors (Lipinski definition) is 2. The molecule has 1 aliphatic rings. The van der Waals surface area contributed by atoms with Crippen LogP contribution in [0.1, 0.15) is 12.8 Å². The topological polar surface area (TPSA) is 40.5 Å². The first-order chi connectivity index (χ1) is 4.75. The molecule has 0 aromatic carbocycles. The molecule has 1 rings (SSSR count). The number of carboxylic acid groups (broad SMARTS) is 1. The van der Waals surface area contributed by atoms with E-state index in [1.165, 1.54) is 4.90 Å². The molecule has 0 spiro atoms. The Morgan fingerprint density at radius 1 is 1.80 bits per heavy atom. The van der Waals surface area contributed by atoms with Crippen LogP contribution in [0.3, 0.4) is 0 Å². The van der Waals surface area contributed by atoms with Gasteiger partial charge in [0.05, 0.1) is 0 Å². The third-order valence-electron chi connectivity index (χ3n) is 1.83. The monoisotopic (exact) mass is 161 g/mol. The highest BCUT2D eigenvalue weighted by molar-refractivity contribution is 7.80. The molecule has 1 atom stereocenters. The zero-order chi connectivity index (χ0) is 7.56. The highest BCUT2D eigenvalue weighted by Gasteiger charge is 2.26. The highest BCUT2D eigenvalue weighted by atomic mass is 32.1. The average molecular weight is 161 g/mol. The van der Waals surface area contributed by atoms with Crippen LogP contribution in [0.15, 0.2) is 0 Å². The summed E-state index contributed by atoms with van der Waals surface area (Å²) >= 11 is 4.06. The van der Waals surface area contributed by atoms with Crippen LogP contribution in [0.4, 0.5) is 4.79 Å². The molecule has 3 nitrogen and oxygen atoms in total. The van der Waals surface area contributed by atoms with E-state index in [9.17, 15) is 4.79 Å². The summed E-state index contributed by atoms with van der Waals surface area (Å²) in [6.07, 6.45) is 1.14. The summed E-state index contributed by atoms with van der Waals surface area (Å²) in [6.45, 7) is 0.681. The van der Waals surface area contributed by atoms with E-state index in [1.807, 2.05) is 0 Å². The van der Waals surface area contributed by atoms with Crippen LogP contribution in [0.25, 0.3) is 0 Å². The van der Waals surface area contributed by atoms with Crippen molar-refractivity contribution in [3.8, 4) is 0 Å². The molecular formula is C6H11NO2S. The van der Waals surface area contributed by atoms with Crippen molar-refractivity contribution in [1.29, 1.82) is 0 Å². The second-order valence-electron chi connectivity index (χ2n) is 2.45. The number of rotatable bonds is 1. The maximum Gasteiger partial charge on any atom is 0.407 e. The molecule has 0 aromatic heterocycles. The molecule has 1 heterocycles. The van der Waals surface area contributed by atoms with Crippen LogP contribution in [0.5, 0.6) is 0 Å². The molecule has 0 saturated carbocycles. The summed E-state index contributed by atoms with van der Waals surface area (Å²) in [5, 5.41) is 8.61. The number of hydrogen-bond donors (Lipinski definition) is 2. The Morgan fingerprint density at radius 3 is 2.90 bits per heavy atom. The Morgan fingerprint density at radius 2 is 2.50 bits per heavy atom. The second-order valence-corrected chi connectivity index (χ2v) is 2.82. The first kappa shape index (κ1) is 7.72. The van der Waals surface area contributed by atoms with Gasteiger partial charge in [-0.05, 0) is 12.8 Å². The first-order valence-corrected chi connectivity index (χ1v) is 3.99. The maximum atomic E-state index is 10.5. The van der Waals surface area contributed by atoms with Crippen molar-refractivity contribution in [2.24, 2.45) is 0 Å². The fourth-order valence-corrected chi connectivity index (χ4v) is 1.66.